The van der Waals surface area contributed by atoms with Crippen molar-refractivity contribution in [3.05, 3.63) is 42.2 Å². The van der Waals surface area contributed by atoms with Gasteiger partial charge in [0.05, 0.1) is 17.3 Å². The Balaban J connectivity index is 1.89. The van der Waals surface area contributed by atoms with Crippen molar-refractivity contribution >= 4 is 14.4 Å². The third kappa shape index (κ3) is 4.03. The Bertz CT molecular complexity index is 504. The normalized spacial score (nSPS) is 17.2. The van der Waals surface area contributed by atoms with Gasteiger partial charge in [0.2, 0.25) is 0 Å². The van der Waals surface area contributed by atoms with Crippen LogP contribution in [0.25, 0.3) is 0 Å². The summed E-state index contributed by atoms with van der Waals surface area (Å²) in [4.78, 5) is 0. The molecule has 1 saturated heterocycles. The van der Waals surface area contributed by atoms with Crippen molar-refractivity contribution in [2.45, 2.75) is 18.9 Å². The number of nitriles is 1. The minimum Gasteiger partial charge on any atom is -0.380 e. The summed E-state index contributed by atoms with van der Waals surface area (Å²) < 4.78 is 16.1. The minimum atomic E-state index is -0.292. The van der Waals surface area contributed by atoms with Gasteiger partial charge in [-0.25, -0.2) is 4.39 Å². The minimum absolute atomic E-state index is 0.281. The van der Waals surface area contributed by atoms with Gasteiger partial charge >= 0.3 is 0 Å². The van der Waals surface area contributed by atoms with Gasteiger partial charge < -0.3 is 5.32 Å². The van der Waals surface area contributed by atoms with Crippen molar-refractivity contribution in [1.29, 1.82) is 5.26 Å². The first kappa shape index (κ1) is 15.0. The van der Waals surface area contributed by atoms with E-state index in [1.165, 1.54) is 12.1 Å². The number of allylic oxidation sites excluding steroid dienone is 1. The number of hydrogen-bond donors (Lipinski definition) is 1. The van der Waals surface area contributed by atoms with Gasteiger partial charge in [-0.2, -0.15) is 5.26 Å². The summed E-state index contributed by atoms with van der Waals surface area (Å²) in [5.41, 5.74) is 0.926. The van der Waals surface area contributed by atoms with Gasteiger partial charge in [-0.1, -0.05) is 6.08 Å². The van der Waals surface area contributed by atoms with E-state index in [1.54, 1.807) is 6.07 Å². The zero-order chi connectivity index (χ0) is 14.4. The van der Waals surface area contributed by atoms with Crippen LogP contribution in [0.15, 0.2) is 30.9 Å². The first-order valence-electron chi connectivity index (χ1n) is 6.78. The van der Waals surface area contributed by atoms with Crippen LogP contribution in [0, 0.1) is 17.1 Å². The highest BCUT2D eigenvalue weighted by molar-refractivity contribution is 7.35. The lowest BCUT2D eigenvalue weighted by atomic mass is 10.1. The Morgan fingerprint density at radius 2 is 2.25 bits per heavy atom. The molecule has 1 N–H and O–H groups in total. The number of halogens is 1. The third-order valence-corrected chi connectivity index (χ3v) is 4.77. The number of nitrogens with one attached hydrogen (secondary N) is 1. The summed E-state index contributed by atoms with van der Waals surface area (Å²) in [7, 11) is 0.805. The van der Waals surface area contributed by atoms with E-state index in [9.17, 15) is 4.39 Å². The number of rotatable bonds is 5. The van der Waals surface area contributed by atoms with E-state index in [1.807, 2.05) is 12.1 Å². The van der Waals surface area contributed by atoms with Gasteiger partial charge in [0.1, 0.15) is 5.82 Å². The van der Waals surface area contributed by atoms with E-state index in [4.69, 9.17) is 5.26 Å². The van der Waals surface area contributed by atoms with Crippen LogP contribution in [-0.2, 0) is 0 Å². The number of piperidine rings is 1. The molecule has 106 valence electrons. The molecule has 5 heteroatoms. The molecule has 0 aliphatic carbocycles. The molecule has 1 aliphatic rings. The number of hydrogen-bond acceptors (Lipinski definition) is 3. The lowest BCUT2D eigenvalue weighted by Crippen LogP contribution is -2.35. The lowest BCUT2D eigenvalue weighted by Gasteiger charge is -2.32. The second-order valence-electron chi connectivity index (χ2n) is 4.86. The van der Waals surface area contributed by atoms with E-state index in [-0.39, 0.29) is 11.9 Å². The predicted molar refractivity (Wildman–Crippen MR) is 82.7 cm³/mol. The van der Waals surface area contributed by atoms with Crippen molar-refractivity contribution in [3.63, 3.8) is 0 Å². The Kier molecular flexibility index (Phi) is 5.52. The number of nitrogens with zero attached hydrogens (tertiary/aromatic N) is 2. The first-order chi connectivity index (χ1) is 9.72. The molecule has 0 bridgehead atoms. The fraction of sp³-hybridized carbons (Fsp3) is 0.400. The first-order valence-corrected chi connectivity index (χ1v) is 7.94. The summed E-state index contributed by atoms with van der Waals surface area (Å²) in [6, 6.07) is 6.75. The monoisotopic (exact) mass is 291 g/mol. The van der Waals surface area contributed by atoms with Crippen LogP contribution in [0.5, 0.6) is 0 Å². The smallest absolute Gasteiger partial charge is 0.146 e. The Labute approximate surface area is 121 Å². The van der Waals surface area contributed by atoms with Crippen LogP contribution in [0.2, 0.25) is 0 Å². The Morgan fingerprint density at radius 3 is 2.90 bits per heavy atom. The maximum atomic E-state index is 13.7. The maximum absolute atomic E-state index is 13.7. The molecule has 1 aromatic rings. The Hall–Kier alpha value is -1.43. The molecule has 1 fully saturated rings. The molecular weight excluding hydrogens is 272 g/mol. The Morgan fingerprint density at radius 1 is 1.50 bits per heavy atom. The molecular formula is C15H19FN3P. The molecule has 1 aromatic carbocycles. The number of anilines is 1. The molecule has 0 spiro atoms. The summed E-state index contributed by atoms with van der Waals surface area (Å²) in [5.74, 6) is -0.292. The molecule has 1 aliphatic heterocycles. The zero-order valence-electron chi connectivity index (χ0n) is 11.4. The van der Waals surface area contributed by atoms with Crippen LogP contribution in [0.4, 0.5) is 10.1 Å². The largest absolute Gasteiger partial charge is 0.380 e. The highest BCUT2D eigenvalue weighted by Crippen LogP contribution is 2.26. The fourth-order valence-electron chi connectivity index (χ4n) is 2.30. The van der Waals surface area contributed by atoms with Crippen LogP contribution in [0.1, 0.15) is 18.4 Å². The van der Waals surface area contributed by atoms with E-state index >= 15 is 0 Å². The van der Waals surface area contributed by atoms with Crippen LogP contribution in [0.3, 0.4) is 0 Å². The topological polar surface area (TPSA) is 39.1 Å². The molecule has 2 rings (SSSR count). The van der Waals surface area contributed by atoms with Crippen LogP contribution in [-0.4, -0.2) is 30.0 Å². The number of benzene rings is 1. The summed E-state index contributed by atoms with van der Waals surface area (Å²) in [6.07, 6.45) is 4.99. The molecule has 0 saturated carbocycles. The molecule has 3 nitrogen and oxygen atoms in total. The zero-order valence-corrected chi connectivity index (χ0v) is 12.4. The summed E-state index contributed by atoms with van der Waals surface area (Å²) >= 11 is 0. The quantitative estimate of drug-likeness (QED) is 0.668. The standard InChI is InChI=1S/C15H19FN3P/c1-2-9-20-19-7-5-13(6-8-19)18-15-10-12(11-17)3-4-14(15)16/h2-4,10,13,18,20H,1,5-9H2. The highest BCUT2D eigenvalue weighted by Gasteiger charge is 2.19. The third-order valence-electron chi connectivity index (χ3n) is 3.41. The maximum Gasteiger partial charge on any atom is 0.146 e. The molecule has 1 unspecified atom stereocenters. The second-order valence-corrected chi connectivity index (χ2v) is 6.22. The van der Waals surface area contributed by atoms with Gasteiger partial charge in [0, 0.05) is 19.1 Å². The van der Waals surface area contributed by atoms with Gasteiger partial charge in [0.15, 0.2) is 0 Å². The van der Waals surface area contributed by atoms with Crippen molar-refractivity contribution in [2.75, 3.05) is 24.6 Å². The van der Waals surface area contributed by atoms with E-state index in [2.05, 4.69) is 16.6 Å². The molecule has 1 atom stereocenters. The fourth-order valence-corrected chi connectivity index (χ4v) is 3.26. The van der Waals surface area contributed by atoms with Crippen molar-refractivity contribution < 1.29 is 4.39 Å². The van der Waals surface area contributed by atoms with Gasteiger partial charge in [-0.05, 0) is 45.9 Å². The van der Waals surface area contributed by atoms with Crippen LogP contribution < -0.4 is 5.32 Å². The SMILES string of the molecule is C=CCPN1CCC(Nc2cc(C#N)ccc2F)CC1. The second kappa shape index (κ2) is 7.38. The van der Waals surface area contributed by atoms with Crippen molar-refractivity contribution in [1.82, 2.24) is 4.67 Å². The summed E-state index contributed by atoms with van der Waals surface area (Å²) in [5, 5.41) is 12.1. The molecule has 0 aromatic heterocycles. The van der Waals surface area contributed by atoms with Gasteiger partial charge in [-0.15, -0.1) is 6.58 Å². The average Bonchev–Trinajstić information content (AvgIpc) is 2.49. The average molecular weight is 291 g/mol. The van der Waals surface area contributed by atoms with Gasteiger partial charge in [0.25, 0.3) is 0 Å². The van der Waals surface area contributed by atoms with Crippen molar-refractivity contribution in [3.8, 4) is 6.07 Å². The molecule has 20 heavy (non-hydrogen) atoms. The van der Waals surface area contributed by atoms with Crippen LogP contribution >= 0.6 is 8.73 Å². The molecule has 0 amide bonds. The lowest BCUT2D eigenvalue weighted by molar-refractivity contribution is 0.353. The van der Waals surface area contributed by atoms with E-state index < -0.39 is 0 Å². The van der Waals surface area contributed by atoms with Gasteiger partial charge in [-0.3, -0.25) is 4.67 Å². The highest BCUT2D eigenvalue weighted by atomic mass is 31.1. The van der Waals surface area contributed by atoms with Crippen molar-refractivity contribution in [2.24, 2.45) is 0 Å². The molecule has 0 radical (unpaired) electrons. The van der Waals surface area contributed by atoms with E-state index in [0.29, 0.717) is 11.3 Å². The summed E-state index contributed by atoms with van der Waals surface area (Å²) in [6.45, 7) is 5.80. The molecule has 1 heterocycles. The van der Waals surface area contributed by atoms with E-state index in [0.717, 1.165) is 40.8 Å². The predicted octanol–water partition coefficient (Wildman–Crippen LogP) is 3.35.